The smallest absolute Gasteiger partial charge is 0.298 e. The summed E-state index contributed by atoms with van der Waals surface area (Å²) in [6.45, 7) is 2.16. The molecule has 0 fully saturated rings. The topological polar surface area (TPSA) is 59.8 Å². The zero-order chi connectivity index (χ0) is 22.5. The number of fused-ring (bicyclic) bond motifs is 1. The maximum atomic E-state index is 13.3. The monoisotopic (exact) mass is 426 g/mol. The Balaban J connectivity index is 1.64. The van der Waals surface area contributed by atoms with Crippen LogP contribution in [0.15, 0.2) is 79.0 Å². The highest BCUT2D eigenvalue weighted by Crippen LogP contribution is 2.30. The first-order valence-electron chi connectivity index (χ1n) is 10.8. The molecule has 0 aliphatic rings. The molecule has 1 N–H and O–H groups in total. The van der Waals surface area contributed by atoms with Crippen LogP contribution < -0.4 is 10.1 Å². The lowest BCUT2D eigenvalue weighted by Gasteiger charge is -2.09. The van der Waals surface area contributed by atoms with Crippen molar-refractivity contribution in [3.05, 3.63) is 90.3 Å². The van der Waals surface area contributed by atoms with E-state index in [0.717, 1.165) is 36.1 Å². The molecule has 4 rings (SSSR count). The van der Waals surface area contributed by atoms with Crippen molar-refractivity contribution in [2.75, 3.05) is 12.4 Å². The van der Waals surface area contributed by atoms with Crippen LogP contribution >= 0.6 is 0 Å². The molecular weight excluding hydrogens is 400 g/mol. The average Bonchev–Trinajstić information content (AvgIpc) is 3.22. The van der Waals surface area contributed by atoms with Gasteiger partial charge < -0.3 is 14.5 Å². The number of benzene rings is 2. The minimum absolute atomic E-state index is 0.336. The van der Waals surface area contributed by atoms with E-state index < -0.39 is 11.7 Å². The van der Waals surface area contributed by atoms with E-state index >= 15 is 0 Å². The number of methoxy groups -OCH3 is 1. The number of aromatic nitrogens is 1. The van der Waals surface area contributed by atoms with E-state index in [4.69, 9.17) is 4.74 Å². The lowest BCUT2D eigenvalue weighted by molar-refractivity contribution is -0.112. The summed E-state index contributed by atoms with van der Waals surface area (Å²) in [6.07, 6.45) is 5.06. The lowest BCUT2D eigenvalue weighted by atomic mass is 10.0. The number of nitrogens with zero attached hydrogens (tertiary/aromatic N) is 1. The Morgan fingerprint density at radius 1 is 0.969 bits per heavy atom. The second-order valence-corrected chi connectivity index (χ2v) is 7.71. The molecule has 0 saturated heterocycles. The zero-order valence-corrected chi connectivity index (χ0v) is 18.3. The van der Waals surface area contributed by atoms with Gasteiger partial charge in [0.15, 0.2) is 0 Å². The number of anilines is 1. The number of hydrogen-bond acceptors (Lipinski definition) is 3. The quantitative estimate of drug-likeness (QED) is 0.287. The molecule has 0 aliphatic carbocycles. The Hall–Kier alpha value is -3.86. The van der Waals surface area contributed by atoms with Crippen molar-refractivity contribution in [1.82, 2.24) is 4.40 Å². The predicted octanol–water partition coefficient (Wildman–Crippen LogP) is 5.78. The molecule has 0 unspecified atom stereocenters. The Labute approximate surface area is 187 Å². The fourth-order valence-electron chi connectivity index (χ4n) is 3.78. The second kappa shape index (κ2) is 9.52. The number of ether oxygens (including phenoxy) is 1. The minimum atomic E-state index is -0.662. The number of aryl methyl sites for hydroxylation is 1. The summed E-state index contributed by atoms with van der Waals surface area (Å²) in [5.41, 5.74) is 4.54. The van der Waals surface area contributed by atoms with Gasteiger partial charge in [0.25, 0.3) is 11.7 Å². The molecule has 2 aromatic heterocycles. The molecule has 4 aromatic rings. The first kappa shape index (κ1) is 21.4. The Kier molecular flexibility index (Phi) is 6.36. The molecule has 5 nitrogen and oxygen atoms in total. The van der Waals surface area contributed by atoms with Crippen molar-refractivity contribution in [3.8, 4) is 16.9 Å². The van der Waals surface area contributed by atoms with E-state index in [0.29, 0.717) is 16.9 Å². The van der Waals surface area contributed by atoms with Crippen LogP contribution in [0.25, 0.3) is 16.6 Å². The number of amides is 1. The molecule has 2 aromatic carbocycles. The second-order valence-electron chi connectivity index (χ2n) is 7.71. The summed E-state index contributed by atoms with van der Waals surface area (Å²) in [5.74, 6) is -0.521. The molecule has 2 heterocycles. The van der Waals surface area contributed by atoms with Crippen LogP contribution in [0.4, 0.5) is 5.69 Å². The van der Waals surface area contributed by atoms with E-state index in [-0.39, 0.29) is 0 Å². The van der Waals surface area contributed by atoms with Crippen molar-refractivity contribution < 1.29 is 14.3 Å². The van der Waals surface area contributed by atoms with Crippen LogP contribution in [-0.2, 0) is 11.2 Å². The molecule has 0 saturated carbocycles. The van der Waals surface area contributed by atoms with E-state index in [2.05, 4.69) is 12.2 Å². The summed E-state index contributed by atoms with van der Waals surface area (Å²) >= 11 is 0. The van der Waals surface area contributed by atoms with Crippen LogP contribution in [0.3, 0.4) is 0 Å². The third-order valence-electron chi connectivity index (χ3n) is 5.53. The van der Waals surface area contributed by atoms with Gasteiger partial charge in [0, 0.05) is 23.0 Å². The lowest BCUT2D eigenvalue weighted by Crippen LogP contribution is -2.24. The molecule has 0 atom stereocenters. The maximum absolute atomic E-state index is 13.3. The minimum Gasteiger partial charge on any atom is -0.497 e. The van der Waals surface area contributed by atoms with E-state index in [1.807, 2.05) is 72.8 Å². The number of carbonyl (C=O) groups excluding carboxylic acids is 2. The summed E-state index contributed by atoms with van der Waals surface area (Å²) in [6, 6.07) is 22.7. The fraction of sp³-hybridized carbons (Fsp3) is 0.185. The SMILES string of the molecule is CCCCc1ccc(NC(=O)C(=O)c2c(-c3ccc(OC)cc3)cc3ccccn23)cc1. The maximum Gasteiger partial charge on any atom is 0.298 e. The summed E-state index contributed by atoms with van der Waals surface area (Å²) in [4.78, 5) is 26.2. The van der Waals surface area contributed by atoms with Gasteiger partial charge in [0.2, 0.25) is 0 Å². The predicted molar refractivity (Wildman–Crippen MR) is 127 cm³/mol. The number of ketones is 1. The number of Topliss-reactive ketones (excluding diaryl/α,β-unsaturated/α-hetero) is 1. The van der Waals surface area contributed by atoms with E-state index in [9.17, 15) is 9.59 Å². The van der Waals surface area contributed by atoms with Gasteiger partial charge in [-0.1, -0.05) is 43.7 Å². The molecule has 1 amide bonds. The van der Waals surface area contributed by atoms with Gasteiger partial charge in [-0.05, 0) is 66.4 Å². The Morgan fingerprint density at radius 2 is 1.72 bits per heavy atom. The molecule has 0 radical (unpaired) electrons. The first-order valence-corrected chi connectivity index (χ1v) is 10.8. The fourth-order valence-corrected chi connectivity index (χ4v) is 3.78. The number of hydrogen-bond donors (Lipinski definition) is 1. The van der Waals surface area contributed by atoms with Crippen molar-refractivity contribution in [3.63, 3.8) is 0 Å². The molecule has 0 bridgehead atoms. The van der Waals surface area contributed by atoms with Gasteiger partial charge in [0.05, 0.1) is 7.11 Å². The molecule has 0 aliphatic heterocycles. The van der Waals surface area contributed by atoms with E-state index in [1.165, 1.54) is 5.56 Å². The first-order chi connectivity index (χ1) is 15.6. The summed E-state index contributed by atoms with van der Waals surface area (Å²) in [7, 11) is 1.61. The van der Waals surface area contributed by atoms with E-state index in [1.54, 1.807) is 17.7 Å². The van der Waals surface area contributed by atoms with Crippen LogP contribution in [0.1, 0.15) is 35.8 Å². The highest BCUT2D eigenvalue weighted by molar-refractivity contribution is 6.47. The van der Waals surface area contributed by atoms with Crippen molar-refractivity contribution in [1.29, 1.82) is 0 Å². The van der Waals surface area contributed by atoms with Crippen LogP contribution in [0.2, 0.25) is 0 Å². The molecule has 5 heteroatoms. The average molecular weight is 427 g/mol. The summed E-state index contributed by atoms with van der Waals surface area (Å²) < 4.78 is 7.00. The third kappa shape index (κ3) is 4.42. The van der Waals surface area contributed by atoms with Crippen LogP contribution in [0.5, 0.6) is 5.75 Å². The number of rotatable bonds is 8. The highest BCUT2D eigenvalue weighted by Gasteiger charge is 2.25. The van der Waals surface area contributed by atoms with Gasteiger partial charge in [-0.15, -0.1) is 0 Å². The zero-order valence-electron chi connectivity index (χ0n) is 18.3. The normalized spacial score (nSPS) is 10.8. The van der Waals surface area contributed by atoms with Gasteiger partial charge >= 0.3 is 0 Å². The van der Waals surface area contributed by atoms with Gasteiger partial charge in [-0.25, -0.2) is 0 Å². The molecular formula is C27H26N2O3. The molecule has 0 spiro atoms. The number of unbranched alkanes of at least 4 members (excludes halogenated alkanes) is 1. The Bertz CT molecular complexity index is 1240. The highest BCUT2D eigenvalue weighted by atomic mass is 16.5. The summed E-state index contributed by atoms with van der Waals surface area (Å²) in [5, 5.41) is 2.75. The van der Waals surface area contributed by atoms with Crippen molar-refractivity contribution in [2.45, 2.75) is 26.2 Å². The standard InChI is InChI=1S/C27H26N2O3/c1-3-4-7-19-9-13-21(14-10-19)28-27(31)26(30)25-24(18-22-8-5-6-17-29(22)25)20-11-15-23(32-2)16-12-20/h5-6,8-18H,3-4,7H2,1-2H3,(H,28,31). The Morgan fingerprint density at radius 3 is 2.41 bits per heavy atom. The number of carbonyl (C=O) groups is 2. The van der Waals surface area contributed by atoms with Gasteiger partial charge in [-0.2, -0.15) is 0 Å². The van der Waals surface area contributed by atoms with Crippen LogP contribution in [-0.4, -0.2) is 23.2 Å². The number of pyridine rings is 1. The molecule has 32 heavy (non-hydrogen) atoms. The van der Waals surface area contributed by atoms with Crippen molar-refractivity contribution in [2.24, 2.45) is 0 Å². The number of nitrogens with one attached hydrogen (secondary N) is 1. The molecule has 162 valence electrons. The third-order valence-corrected chi connectivity index (χ3v) is 5.53. The van der Waals surface area contributed by atoms with Crippen LogP contribution in [0, 0.1) is 0 Å². The van der Waals surface area contributed by atoms with Gasteiger partial charge in [0.1, 0.15) is 11.4 Å². The van der Waals surface area contributed by atoms with Crippen molar-refractivity contribution >= 4 is 22.9 Å². The largest absolute Gasteiger partial charge is 0.497 e. The van der Waals surface area contributed by atoms with Gasteiger partial charge in [-0.3, -0.25) is 9.59 Å².